The highest BCUT2D eigenvalue weighted by molar-refractivity contribution is 5.69. The van der Waals surface area contributed by atoms with E-state index in [9.17, 15) is 9.90 Å². The smallest absolute Gasteiger partial charge is 0.305 e. The van der Waals surface area contributed by atoms with E-state index in [1.54, 1.807) is 0 Å². The normalized spacial score (nSPS) is 11.6. The predicted molar refractivity (Wildman–Crippen MR) is 152 cm³/mol. The summed E-state index contributed by atoms with van der Waals surface area (Å²) in [5.74, 6) is 0.490. The van der Waals surface area contributed by atoms with Gasteiger partial charge in [-0.25, -0.2) is 0 Å². The third-order valence-corrected chi connectivity index (χ3v) is 7.08. The topological polar surface area (TPSA) is 82.0 Å². The van der Waals surface area contributed by atoms with Crippen molar-refractivity contribution in [1.82, 2.24) is 10.2 Å². The Bertz CT molecular complexity index is 435. The average Bonchev–Trinajstić information content (AvgIpc) is 2.88. The fraction of sp³-hybridized carbons (Fsp3) is 0.967. The zero-order valence-corrected chi connectivity index (χ0v) is 24.1. The van der Waals surface area contributed by atoms with Crippen LogP contribution >= 0.6 is 0 Å². The summed E-state index contributed by atoms with van der Waals surface area (Å²) < 4.78 is 5.73. The van der Waals surface area contributed by atoms with Gasteiger partial charge in [-0.3, -0.25) is 9.69 Å². The number of carbonyl (C=O) groups excluding carboxylic acids is 1. The largest absolute Gasteiger partial charge is 0.465 e. The lowest BCUT2D eigenvalue weighted by Gasteiger charge is -2.21. The van der Waals surface area contributed by atoms with Crippen LogP contribution in [0.15, 0.2) is 0 Å². The van der Waals surface area contributed by atoms with Crippen molar-refractivity contribution in [3.8, 4) is 0 Å². The first-order valence-electron chi connectivity index (χ1n) is 15.5. The molecular weight excluding hydrogens is 452 g/mol. The second-order valence-corrected chi connectivity index (χ2v) is 10.5. The Morgan fingerprint density at radius 3 is 1.86 bits per heavy atom. The van der Waals surface area contributed by atoms with Crippen LogP contribution < -0.4 is 5.32 Å². The summed E-state index contributed by atoms with van der Waals surface area (Å²) in [4.78, 5) is 14.6. The zero-order valence-electron chi connectivity index (χ0n) is 24.1. The van der Waals surface area contributed by atoms with Crippen LogP contribution in [0.3, 0.4) is 0 Å². The third kappa shape index (κ3) is 25.0. The molecule has 216 valence electrons. The molecular formula is C30H62N2O4. The SMILES string of the molecule is CCCCCCCCC(CCCCCCCC)COC(=O)CCCCCN(CCO)CCNCCO. The summed E-state index contributed by atoms with van der Waals surface area (Å²) in [7, 11) is 0. The summed E-state index contributed by atoms with van der Waals surface area (Å²) in [6.07, 6.45) is 21.6. The minimum atomic E-state index is -0.0358. The van der Waals surface area contributed by atoms with Crippen LogP contribution in [-0.2, 0) is 9.53 Å². The minimum Gasteiger partial charge on any atom is -0.465 e. The summed E-state index contributed by atoms with van der Waals surface area (Å²) in [5.41, 5.74) is 0. The van der Waals surface area contributed by atoms with E-state index in [4.69, 9.17) is 9.84 Å². The molecule has 0 aromatic carbocycles. The molecule has 0 fully saturated rings. The minimum absolute atomic E-state index is 0.0358. The van der Waals surface area contributed by atoms with Crippen LogP contribution in [0.5, 0.6) is 0 Å². The number of rotatable bonds is 29. The van der Waals surface area contributed by atoms with Gasteiger partial charge in [0.2, 0.25) is 0 Å². The monoisotopic (exact) mass is 514 g/mol. The molecule has 0 saturated carbocycles. The molecule has 0 aliphatic carbocycles. The van der Waals surface area contributed by atoms with Crippen molar-refractivity contribution in [2.45, 2.75) is 129 Å². The van der Waals surface area contributed by atoms with Gasteiger partial charge in [-0.15, -0.1) is 0 Å². The first-order chi connectivity index (χ1) is 17.7. The lowest BCUT2D eigenvalue weighted by molar-refractivity contribution is -0.145. The van der Waals surface area contributed by atoms with Gasteiger partial charge in [0.15, 0.2) is 0 Å². The Kier molecular flexibility index (Phi) is 28.3. The lowest BCUT2D eigenvalue weighted by atomic mass is 9.94. The molecule has 36 heavy (non-hydrogen) atoms. The van der Waals surface area contributed by atoms with E-state index >= 15 is 0 Å². The van der Waals surface area contributed by atoms with Crippen LogP contribution in [0.4, 0.5) is 0 Å². The Balaban J connectivity index is 4.10. The van der Waals surface area contributed by atoms with Gasteiger partial charge in [-0.2, -0.15) is 0 Å². The number of hydrogen-bond acceptors (Lipinski definition) is 6. The molecule has 0 atom stereocenters. The standard InChI is InChI=1S/C30H62N2O4/c1-3-5-7-9-11-14-18-29(19-15-12-10-8-6-4-2)28-36-30(35)20-16-13-17-23-32(25-27-34)24-21-31-22-26-33/h29,31,33-34H,3-28H2,1-2H3. The summed E-state index contributed by atoms with van der Waals surface area (Å²) in [6, 6.07) is 0. The van der Waals surface area contributed by atoms with E-state index in [1.807, 2.05) is 0 Å². The Labute approximate surface area is 223 Å². The molecule has 3 N–H and O–H groups in total. The average molecular weight is 515 g/mol. The molecule has 6 heteroatoms. The van der Waals surface area contributed by atoms with Gasteiger partial charge in [0.05, 0.1) is 19.8 Å². The Morgan fingerprint density at radius 1 is 0.694 bits per heavy atom. The lowest BCUT2D eigenvalue weighted by Crippen LogP contribution is -2.35. The van der Waals surface area contributed by atoms with Crippen molar-refractivity contribution in [2.75, 3.05) is 52.5 Å². The predicted octanol–water partition coefficient (Wildman–Crippen LogP) is 6.08. The first-order valence-corrected chi connectivity index (χ1v) is 15.5. The number of nitrogens with zero attached hydrogens (tertiary/aromatic N) is 1. The molecule has 0 aromatic heterocycles. The number of unbranched alkanes of at least 4 members (excludes halogenated alkanes) is 12. The number of aliphatic hydroxyl groups is 2. The molecule has 0 heterocycles. The molecule has 0 bridgehead atoms. The number of aliphatic hydroxyl groups excluding tert-OH is 2. The second-order valence-electron chi connectivity index (χ2n) is 10.5. The van der Waals surface area contributed by atoms with Crippen molar-refractivity contribution < 1.29 is 19.7 Å². The molecule has 0 aromatic rings. The van der Waals surface area contributed by atoms with Gasteiger partial charge in [-0.1, -0.05) is 97.3 Å². The summed E-state index contributed by atoms with van der Waals surface area (Å²) >= 11 is 0. The van der Waals surface area contributed by atoms with E-state index in [0.717, 1.165) is 38.9 Å². The highest BCUT2D eigenvalue weighted by atomic mass is 16.5. The molecule has 0 rings (SSSR count). The van der Waals surface area contributed by atoms with Crippen LogP contribution in [0.25, 0.3) is 0 Å². The quantitative estimate of drug-likeness (QED) is 0.0828. The van der Waals surface area contributed by atoms with Crippen LogP contribution in [0, 0.1) is 5.92 Å². The van der Waals surface area contributed by atoms with E-state index in [2.05, 4.69) is 24.1 Å². The van der Waals surface area contributed by atoms with Gasteiger partial charge in [0, 0.05) is 32.6 Å². The fourth-order valence-corrected chi connectivity index (χ4v) is 4.72. The summed E-state index contributed by atoms with van der Waals surface area (Å²) in [5, 5.41) is 21.3. The van der Waals surface area contributed by atoms with Gasteiger partial charge in [-0.05, 0) is 38.1 Å². The molecule has 0 amide bonds. The second kappa shape index (κ2) is 28.9. The fourth-order valence-electron chi connectivity index (χ4n) is 4.72. The first kappa shape index (κ1) is 35.3. The number of carbonyl (C=O) groups is 1. The van der Waals surface area contributed by atoms with Gasteiger partial charge in [0.1, 0.15) is 0 Å². The van der Waals surface area contributed by atoms with Crippen LogP contribution in [0.2, 0.25) is 0 Å². The number of hydrogen-bond donors (Lipinski definition) is 3. The van der Waals surface area contributed by atoms with Crippen LogP contribution in [0.1, 0.15) is 129 Å². The van der Waals surface area contributed by atoms with E-state index in [0.29, 0.717) is 32.0 Å². The molecule has 0 aliphatic heterocycles. The molecule has 0 spiro atoms. The number of ether oxygens (including phenoxy) is 1. The maximum atomic E-state index is 12.4. The molecule has 0 saturated heterocycles. The third-order valence-electron chi connectivity index (χ3n) is 7.08. The number of nitrogens with one attached hydrogen (secondary N) is 1. The van der Waals surface area contributed by atoms with Crippen molar-refractivity contribution in [2.24, 2.45) is 5.92 Å². The van der Waals surface area contributed by atoms with Crippen LogP contribution in [-0.4, -0.2) is 73.6 Å². The van der Waals surface area contributed by atoms with Gasteiger partial charge < -0.3 is 20.3 Å². The van der Waals surface area contributed by atoms with Crippen molar-refractivity contribution in [3.05, 3.63) is 0 Å². The van der Waals surface area contributed by atoms with Crippen molar-refractivity contribution in [3.63, 3.8) is 0 Å². The van der Waals surface area contributed by atoms with E-state index in [-0.39, 0.29) is 19.2 Å². The highest BCUT2D eigenvalue weighted by Gasteiger charge is 2.12. The van der Waals surface area contributed by atoms with E-state index in [1.165, 1.54) is 89.9 Å². The molecule has 0 unspecified atom stereocenters. The zero-order chi connectivity index (χ0) is 26.5. The number of esters is 1. The molecule has 6 nitrogen and oxygen atoms in total. The summed E-state index contributed by atoms with van der Waals surface area (Å²) in [6.45, 7) is 9.30. The maximum Gasteiger partial charge on any atom is 0.305 e. The Morgan fingerprint density at radius 2 is 1.28 bits per heavy atom. The Hall–Kier alpha value is -0.690. The molecule has 0 aliphatic rings. The van der Waals surface area contributed by atoms with Crippen molar-refractivity contribution >= 4 is 5.97 Å². The van der Waals surface area contributed by atoms with Gasteiger partial charge >= 0.3 is 5.97 Å². The van der Waals surface area contributed by atoms with Gasteiger partial charge in [0.25, 0.3) is 0 Å². The highest BCUT2D eigenvalue weighted by Crippen LogP contribution is 2.20. The maximum absolute atomic E-state index is 12.4. The van der Waals surface area contributed by atoms with E-state index < -0.39 is 0 Å². The van der Waals surface area contributed by atoms with Crippen molar-refractivity contribution in [1.29, 1.82) is 0 Å². The molecule has 0 radical (unpaired) electrons.